The third-order valence-corrected chi connectivity index (χ3v) is 7.01. The van der Waals surface area contributed by atoms with Crippen LogP contribution >= 0.6 is 0 Å². The Morgan fingerprint density at radius 3 is 2.64 bits per heavy atom. The van der Waals surface area contributed by atoms with Crippen molar-refractivity contribution in [3.05, 3.63) is 33.7 Å². The molecule has 1 amide bonds. The molecule has 0 aromatic carbocycles. The topological polar surface area (TPSA) is 97.7 Å². The summed E-state index contributed by atoms with van der Waals surface area (Å²) in [5.41, 5.74) is 0.376. The molecule has 2 atom stereocenters. The van der Waals surface area contributed by atoms with E-state index >= 15 is 0 Å². The van der Waals surface area contributed by atoms with Gasteiger partial charge in [0.1, 0.15) is 5.56 Å². The summed E-state index contributed by atoms with van der Waals surface area (Å²) in [5.74, 6) is -0.509. The second kappa shape index (κ2) is 9.19. The highest BCUT2D eigenvalue weighted by Crippen LogP contribution is 2.18. The lowest BCUT2D eigenvalue weighted by atomic mass is 10.0. The average molecular weight is 414 g/mol. The van der Waals surface area contributed by atoms with Crippen molar-refractivity contribution in [3.8, 4) is 0 Å². The molecule has 0 saturated carbocycles. The van der Waals surface area contributed by atoms with E-state index in [2.05, 4.69) is 19.2 Å². The maximum Gasteiger partial charge on any atom is 0.263 e. The molecule has 1 aliphatic heterocycles. The minimum Gasteiger partial charge on any atom is -0.379 e. The Labute approximate surface area is 166 Å². The van der Waals surface area contributed by atoms with Crippen LogP contribution in [0.15, 0.2) is 17.1 Å². The number of carbonyl (C=O) groups excluding carboxylic acids is 1. The van der Waals surface area contributed by atoms with Crippen LogP contribution in [-0.4, -0.2) is 62.3 Å². The van der Waals surface area contributed by atoms with Gasteiger partial charge in [-0.3, -0.25) is 9.59 Å². The number of nitrogens with zero attached hydrogens (tertiary/aromatic N) is 2. The summed E-state index contributed by atoms with van der Waals surface area (Å²) in [4.78, 5) is 25.6. The molecule has 0 spiro atoms. The first kappa shape index (κ1) is 22.6. The lowest BCUT2D eigenvalue weighted by Gasteiger charge is -2.21. The number of aryl methyl sites for hydroxylation is 2. The third kappa shape index (κ3) is 5.42. The fourth-order valence-electron chi connectivity index (χ4n) is 3.10. The maximum absolute atomic E-state index is 12.8. The summed E-state index contributed by atoms with van der Waals surface area (Å²) in [6, 6.07) is 1.31. The second-order valence-electron chi connectivity index (χ2n) is 7.99. The van der Waals surface area contributed by atoms with Gasteiger partial charge in [0, 0.05) is 32.8 Å². The van der Waals surface area contributed by atoms with Crippen LogP contribution in [0, 0.1) is 18.8 Å². The molecule has 2 heterocycles. The quantitative estimate of drug-likeness (QED) is 0.681. The van der Waals surface area contributed by atoms with Crippen molar-refractivity contribution in [1.82, 2.24) is 14.2 Å². The van der Waals surface area contributed by atoms with Crippen molar-refractivity contribution in [2.75, 3.05) is 33.1 Å². The summed E-state index contributed by atoms with van der Waals surface area (Å²) in [6.45, 7) is 6.91. The Morgan fingerprint density at radius 2 is 2.04 bits per heavy atom. The highest BCUT2D eigenvalue weighted by atomic mass is 32.2. The van der Waals surface area contributed by atoms with Crippen molar-refractivity contribution >= 4 is 15.9 Å². The van der Waals surface area contributed by atoms with Gasteiger partial charge in [-0.05, 0) is 30.9 Å². The first-order chi connectivity index (χ1) is 13.0. The summed E-state index contributed by atoms with van der Waals surface area (Å²) >= 11 is 0. The molecule has 1 saturated heterocycles. The van der Waals surface area contributed by atoms with Crippen molar-refractivity contribution < 1.29 is 17.9 Å². The second-order valence-corrected chi connectivity index (χ2v) is 10.2. The Balaban J connectivity index is 2.18. The molecular formula is C19H31N3O5S. The first-order valence-corrected chi connectivity index (χ1v) is 11.1. The lowest BCUT2D eigenvalue weighted by molar-refractivity contribution is 0.0923. The zero-order valence-corrected chi connectivity index (χ0v) is 18.1. The molecule has 1 aliphatic rings. The number of sulfonamides is 1. The van der Waals surface area contributed by atoms with Crippen LogP contribution in [0.2, 0.25) is 0 Å². The van der Waals surface area contributed by atoms with Gasteiger partial charge >= 0.3 is 0 Å². The van der Waals surface area contributed by atoms with Gasteiger partial charge in [-0.2, -0.15) is 0 Å². The number of nitrogens with one attached hydrogen (secondary N) is 1. The van der Waals surface area contributed by atoms with Gasteiger partial charge < -0.3 is 14.6 Å². The number of hydrogen-bond acceptors (Lipinski definition) is 5. The molecular weight excluding hydrogens is 382 g/mol. The molecule has 9 heteroatoms. The predicted octanol–water partition coefficient (Wildman–Crippen LogP) is 0.839. The number of aromatic nitrogens is 1. The highest BCUT2D eigenvalue weighted by molar-refractivity contribution is 7.89. The van der Waals surface area contributed by atoms with Gasteiger partial charge in [-0.15, -0.1) is 0 Å². The number of amides is 1. The van der Waals surface area contributed by atoms with E-state index in [-0.39, 0.29) is 36.0 Å². The molecule has 0 unspecified atom stereocenters. The number of hydrogen-bond donors (Lipinski definition) is 1. The van der Waals surface area contributed by atoms with Crippen molar-refractivity contribution in [1.29, 1.82) is 0 Å². The van der Waals surface area contributed by atoms with Crippen molar-refractivity contribution in [3.63, 3.8) is 0 Å². The van der Waals surface area contributed by atoms with Crippen LogP contribution in [0.3, 0.4) is 0 Å². The highest BCUT2D eigenvalue weighted by Gasteiger charge is 2.34. The van der Waals surface area contributed by atoms with Gasteiger partial charge in [-0.1, -0.05) is 13.8 Å². The summed E-state index contributed by atoms with van der Waals surface area (Å²) in [7, 11) is -0.462. The standard InChI is InChI=1S/C19H31N3O5S/c1-13(2)6-8-22-9-7-14(3)17(19(22)24)18(23)20-16-11-27-10-15(16)12-28(25,26)21(4)5/h7,9,13,15-16H,6,8,10-12H2,1-5H3,(H,20,23)/t15-,16-/m0/s1. The molecule has 8 nitrogen and oxygen atoms in total. The lowest BCUT2D eigenvalue weighted by Crippen LogP contribution is -2.45. The van der Waals surface area contributed by atoms with Crippen LogP contribution < -0.4 is 10.9 Å². The Morgan fingerprint density at radius 1 is 1.36 bits per heavy atom. The summed E-state index contributed by atoms with van der Waals surface area (Å²) in [6.07, 6.45) is 2.55. The number of rotatable bonds is 8. The predicted molar refractivity (Wildman–Crippen MR) is 108 cm³/mol. The summed E-state index contributed by atoms with van der Waals surface area (Å²) in [5, 5.41) is 2.82. The first-order valence-electron chi connectivity index (χ1n) is 9.51. The molecule has 1 aromatic rings. The summed E-state index contributed by atoms with van der Waals surface area (Å²) < 4.78 is 32.5. The smallest absolute Gasteiger partial charge is 0.263 e. The number of carbonyl (C=O) groups is 1. The molecule has 0 radical (unpaired) electrons. The largest absolute Gasteiger partial charge is 0.379 e. The minimum absolute atomic E-state index is 0.104. The van der Waals surface area contributed by atoms with E-state index in [0.29, 0.717) is 18.0 Å². The maximum atomic E-state index is 12.8. The zero-order valence-electron chi connectivity index (χ0n) is 17.3. The van der Waals surface area contributed by atoms with Crippen LogP contribution in [-0.2, 0) is 21.3 Å². The van der Waals surface area contributed by atoms with Crippen LogP contribution in [0.1, 0.15) is 36.2 Å². The van der Waals surface area contributed by atoms with Crippen LogP contribution in [0.25, 0.3) is 0 Å². The fraction of sp³-hybridized carbons (Fsp3) is 0.684. The Bertz CT molecular complexity index is 861. The zero-order chi connectivity index (χ0) is 21.1. The van der Waals surface area contributed by atoms with E-state index in [1.807, 2.05) is 0 Å². The van der Waals surface area contributed by atoms with Crippen molar-refractivity contribution in [2.24, 2.45) is 11.8 Å². The molecule has 0 bridgehead atoms. The van der Waals surface area contributed by atoms with Gasteiger partial charge in [0.05, 0.1) is 25.0 Å². The van der Waals surface area contributed by atoms with E-state index in [0.717, 1.165) is 6.42 Å². The van der Waals surface area contributed by atoms with Crippen molar-refractivity contribution in [2.45, 2.75) is 39.8 Å². The van der Waals surface area contributed by atoms with Crippen LogP contribution in [0.5, 0.6) is 0 Å². The van der Waals surface area contributed by atoms with Gasteiger partial charge in [0.2, 0.25) is 10.0 Å². The molecule has 1 N–H and O–H groups in total. The van der Waals surface area contributed by atoms with Gasteiger partial charge in [0.25, 0.3) is 11.5 Å². The Kier molecular flexibility index (Phi) is 7.41. The number of pyridine rings is 1. The van der Waals surface area contributed by atoms with Crippen LogP contribution in [0.4, 0.5) is 0 Å². The van der Waals surface area contributed by atoms with E-state index in [1.54, 1.807) is 23.8 Å². The number of ether oxygens (including phenoxy) is 1. The molecule has 28 heavy (non-hydrogen) atoms. The van der Waals surface area contributed by atoms with Gasteiger partial charge in [-0.25, -0.2) is 12.7 Å². The normalized spacial score (nSPS) is 20.1. The van der Waals surface area contributed by atoms with E-state index in [4.69, 9.17) is 4.74 Å². The minimum atomic E-state index is -3.42. The van der Waals surface area contributed by atoms with Gasteiger partial charge in [0.15, 0.2) is 0 Å². The molecule has 2 rings (SSSR count). The van der Waals surface area contributed by atoms with E-state index in [9.17, 15) is 18.0 Å². The molecule has 1 fully saturated rings. The van der Waals surface area contributed by atoms with E-state index in [1.165, 1.54) is 18.4 Å². The monoisotopic (exact) mass is 413 g/mol. The Hall–Kier alpha value is -1.71. The average Bonchev–Trinajstić information content (AvgIpc) is 3.00. The molecule has 1 aromatic heterocycles. The molecule has 158 valence electrons. The third-order valence-electron chi connectivity index (χ3n) is 5.04. The van der Waals surface area contributed by atoms with E-state index < -0.39 is 22.0 Å². The SMILES string of the molecule is Cc1ccn(CCC(C)C)c(=O)c1C(=O)N[C@H]1COC[C@H]1CS(=O)(=O)N(C)C. The fourth-order valence-corrected chi connectivity index (χ4v) is 4.26. The molecule has 0 aliphatic carbocycles.